The second-order valence-electron chi connectivity index (χ2n) is 5.23. The number of likely N-dealkylation sites (N-methyl/N-ethyl adjacent to an activating group) is 1. The van der Waals surface area contributed by atoms with Crippen molar-refractivity contribution in [1.29, 1.82) is 0 Å². The van der Waals surface area contributed by atoms with Crippen molar-refractivity contribution >= 4 is 27.5 Å². The van der Waals surface area contributed by atoms with Gasteiger partial charge in [-0.05, 0) is 30.3 Å². The summed E-state index contributed by atoms with van der Waals surface area (Å²) in [6.45, 7) is 0.236. The summed E-state index contributed by atoms with van der Waals surface area (Å²) in [4.78, 5) is 12.1. The van der Waals surface area contributed by atoms with Crippen molar-refractivity contribution < 1.29 is 17.9 Å². The normalized spacial score (nSPS) is 11.3. The number of benzene rings is 2. The first kappa shape index (κ1) is 19.2. The van der Waals surface area contributed by atoms with E-state index >= 15 is 0 Å². The molecule has 0 saturated heterocycles. The third-order valence-corrected chi connectivity index (χ3v) is 5.36. The van der Waals surface area contributed by atoms with E-state index in [-0.39, 0.29) is 24.6 Å². The van der Waals surface area contributed by atoms with Crippen LogP contribution in [0.15, 0.2) is 59.5 Å². The van der Waals surface area contributed by atoms with E-state index in [2.05, 4.69) is 5.32 Å². The highest BCUT2D eigenvalue weighted by Crippen LogP contribution is 2.16. The molecule has 0 bridgehead atoms. The van der Waals surface area contributed by atoms with Gasteiger partial charge >= 0.3 is 0 Å². The zero-order chi connectivity index (χ0) is 18.3. The summed E-state index contributed by atoms with van der Waals surface area (Å²) in [5, 5.41) is 3.18. The number of nitrogens with one attached hydrogen (secondary N) is 1. The Morgan fingerprint density at radius 2 is 1.88 bits per heavy atom. The number of ether oxygens (including phenoxy) is 1. The Labute approximate surface area is 152 Å². The number of nitrogens with zero attached hydrogens (tertiary/aromatic N) is 1. The molecule has 2 aromatic rings. The number of hydrogen-bond acceptors (Lipinski definition) is 4. The molecule has 0 unspecified atom stereocenters. The lowest BCUT2D eigenvalue weighted by Gasteiger charge is -2.17. The Hall–Kier alpha value is -2.09. The second kappa shape index (κ2) is 8.84. The monoisotopic (exact) mass is 382 g/mol. The fraction of sp³-hybridized carbons (Fsp3) is 0.235. The van der Waals surface area contributed by atoms with Crippen LogP contribution in [-0.4, -0.2) is 45.4 Å². The number of halogens is 1. The number of hydrogen-bond donors (Lipinski definition) is 1. The van der Waals surface area contributed by atoms with Crippen molar-refractivity contribution in [3.05, 3.63) is 59.6 Å². The van der Waals surface area contributed by atoms with Crippen LogP contribution in [0, 0.1) is 0 Å². The quantitative estimate of drug-likeness (QED) is 0.710. The molecule has 0 radical (unpaired) electrons. The van der Waals surface area contributed by atoms with Gasteiger partial charge in [0.05, 0.1) is 18.0 Å². The molecule has 1 N–H and O–H groups in total. The van der Waals surface area contributed by atoms with Crippen molar-refractivity contribution in [2.45, 2.75) is 4.90 Å². The Morgan fingerprint density at radius 3 is 2.56 bits per heavy atom. The molecule has 0 saturated carbocycles. The maximum absolute atomic E-state index is 12.3. The van der Waals surface area contributed by atoms with Gasteiger partial charge in [-0.1, -0.05) is 35.9 Å². The Balaban J connectivity index is 1.78. The van der Waals surface area contributed by atoms with E-state index in [0.717, 1.165) is 4.31 Å². The highest BCUT2D eigenvalue weighted by Gasteiger charge is 2.22. The van der Waals surface area contributed by atoms with Gasteiger partial charge in [0.1, 0.15) is 12.4 Å². The lowest BCUT2D eigenvalue weighted by molar-refractivity contribution is -0.121. The number of amides is 1. The van der Waals surface area contributed by atoms with Gasteiger partial charge in [0, 0.05) is 12.1 Å². The van der Waals surface area contributed by atoms with E-state index in [9.17, 15) is 13.2 Å². The Bertz CT molecular complexity index is 812. The second-order valence-corrected chi connectivity index (χ2v) is 7.71. The van der Waals surface area contributed by atoms with Crippen LogP contribution in [0.1, 0.15) is 0 Å². The Morgan fingerprint density at radius 1 is 1.16 bits per heavy atom. The average molecular weight is 383 g/mol. The fourth-order valence-corrected chi connectivity index (χ4v) is 3.36. The zero-order valence-corrected chi connectivity index (χ0v) is 15.3. The van der Waals surface area contributed by atoms with Crippen molar-refractivity contribution in [3.63, 3.8) is 0 Å². The van der Waals surface area contributed by atoms with E-state index in [4.69, 9.17) is 16.3 Å². The number of rotatable bonds is 8. The minimum atomic E-state index is -3.69. The smallest absolute Gasteiger partial charge is 0.243 e. The third-order valence-electron chi connectivity index (χ3n) is 3.31. The molecule has 0 aliphatic carbocycles. The molecule has 8 heteroatoms. The van der Waals surface area contributed by atoms with Crippen LogP contribution in [0.3, 0.4) is 0 Å². The summed E-state index contributed by atoms with van der Waals surface area (Å²) in [7, 11) is -2.32. The average Bonchev–Trinajstić information content (AvgIpc) is 2.59. The van der Waals surface area contributed by atoms with Crippen LogP contribution < -0.4 is 10.1 Å². The zero-order valence-electron chi connectivity index (χ0n) is 13.7. The van der Waals surface area contributed by atoms with E-state index < -0.39 is 15.9 Å². The van der Waals surface area contributed by atoms with Crippen LogP contribution in [-0.2, 0) is 14.8 Å². The molecular formula is C17H19ClN2O4S. The van der Waals surface area contributed by atoms with Gasteiger partial charge in [0.2, 0.25) is 15.9 Å². The van der Waals surface area contributed by atoms with Crippen LogP contribution in [0.25, 0.3) is 0 Å². The van der Waals surface area contributed by atoms with Crippen LogP contribution in [0.4, 0.5) is 0 Å². The predicted octanol–water partition coefficient (Wildman–Crippen LogP) is 2.16. The van der Waals surface area contributed by atoms with Crippen molar-refractivity contribution in [1.82, 2.24) is 9.62 Å². The molecule has 0 aromatic heterocycles. The predicted molar refractivity (Wildman–Crippen MR) is 96.2 cm³/mol. The topological polar surface area (TPSA) is 75.7 Å². The van der Waals surface area contributed by atoms with Crippen molar-refractivity contribution in [2.24, 2.45) is 0 Å². The number of carbonyl (C=O) groups is 1. The maximum Gasteiger partial charge on any atom is 0.243 e. The molecule has 0 fully saturated rings. The summed E-state index contributed by atoms with van der Waals surface area (Å²) >= 11 is 5.85. The van der Waals surface area contributed by atoms with Crippen LogP contribution in [0.2, 0.25) is 5.02 Å². The Kier molecular flexibility index (Phi) is 6.81. The van der Waals surface area contributed by atoms with Gasteiger partial charge in [-0.3, -0.25) is 4.79 Å². The van der Waals surface area contributed by atoms with Gasteiger partial charge in [-0.2, -0.15) is 4.31 Å². The van der Waals surface area contributed by atoms with Gasteiger partial charge in [0.25, 0.3) is 0 Å². The van der Waals surface area contributed by atoms with Crippen LogP contribution >= 0.6 is 11.6 Å². The van der Waals surface area contributed by atoms with Crippen molar-refractivity contribution in [3.8, 4) is 5.75 Å². The first-order valence-electron chi connectivity index (χ1n) is 7.56. The lowest BCUT2D eigenvalue weighted by Crippen LogP contribution is -2.39. The summed E-state index contributed by atoms with van der Waals surface area (Å²) in [6.07, 6.45) is 0. The summed E-state index contributed by atoms with van der Waals surface area (Å²) in [6, 6.07) is 14.9. The molecule has 0 atom stereocenters. The van der Waals surface area contributed by atoms with Gasteiger partial charge in [-0.25, -0.2) is 8.42 Å². The molecule has 25 heavy (non-hydrogen) atoms. The molecule has 1 amide bonds. The lowest BCUT2D eigenvalue weighted by atomic mass is 10.3. The number of carbonyl (C=O) groups excluding carboxylic acids is 1. The summed E-state index contributed by atoms with van der Waals surface area (Å²) in [5.41, 5.74) is 0. The standard InChI is InChI=1S/C17H19ClN2O4S/c1-20(25(22,23)16-8-3-2-4-9-16)13-17(21)19-10-11-24-15-7-5-6-14(18)12-15/h2-9,12H,10-11,13H2,1H3,(H,19,21). The first-order chi connectivity index (χ1) is 11.9. The number of sulfonamides is 1. The minimum absolute atomic E-state index is 0.148. The maximum atomic E-state index is 12.3. The first-order valence-corrected chi connectivity index (χ1v) is 9.38. The van der Waals surface area contributed by atoms with Gasteiger partial charge < -0.3 is 10.1 Å². The van der Waals surface area contributed by atoms with E-state index in [0.29, 0.717) is 10.8 Å². The molecule has 0 aliphatic heterocycles. The summed E-state index contributed by atoms with van der Waals surface area (Å²) < 4.78 is 31.1. The minimum Gasteiger partial charge on any atom is -0.492 e. The van der Waals surface area contributed by atoms with E-state index in [1.807, 2.05) is 0 Å². The van der Waals surface area contributed by atoms with Gasteiger partial charge in [-0.15, -0.1) is 0 Å². The SMILES string of the molecule is CN(CC(=O)NCCOc1cccc(Cl)c1)S(=O)(=O)c1ccccc1. The largest absolute Gasteiger partial charge is 0.492 e. The fourth-order valence-electron chi connectivity index (χ4n) is 2.03. The van der Waals surface area contributed by atoms with E-state index in [1.54, 1.807) is 42.5 Å². The molecular weight excluding hydrogens is 364 g/mol. The molecule has 0 heterocycles. The van der Waals surface area contributed by atoms with Gasteiger partial charge in [0.15, 0.2) is 0 Å². The highest BCUT2D eigenvalue weighted by atomic mass is 35.5. The molecule has 2 aromatic carbocycles. The highest BCUT2D eigenvalue weighted by molar-refractivity contribution is 7.89. The third kappa shape index (κ3) is 5.74. The van der Waals surface area contributed by atoms with E-state index in [1.165, 1.54) is 19.2 Å². The summed E-state index contributed by atoms with van der Waals surface area (Å²) in [5.74, 6) is 0.197. The molecule has 0 spiro atoms. The molecule has 0 aliphatic rings. The molecule has 134 valence electrons. The molecule has 6 nitrogen and oxygen atoms in total. The van der Waals surface area contributed by atoms with Crippen molar-refractivity contribution in [2.75, 3.05) is 26.7 Å². The molecule has 2 rings (SSSR count). The van der Waals surface area contributed by atoms with Crippen LogP contribution in [0.5, 0.6) is 5.75 Å².